The maximum Gasteiger partial charge on any atom is 0.261 e. The fourth-order valence-electron chi connectivity index (χ4n) is 3.61. The van der Waals surface area contributed by atoms with Crippen molar-refractivity contribution in [2.45, 2.75) is 38.6 Å². The van der Waals surface area contributed by atoms with Crippen molar-refractivity contribution < 1.29 is 4.79 Å². The SMILES string of the molecule is N#Cc1cccc(NC(=O)c2ccc3c(=O)n4c(nc3c2)CCCCCC4)c1. The van der Waals surface area contributed by atoms with Crippen molar-refractivity contribution in [2.75, 3.05) is 5.32 Å². The van der Waals surface area contributed by atoms with Crippen molar-refractivity contribution in [2.24, 2.45) is 0 Å². The third-order valence-electron chi connectivity index (χ3n) is 5.08. The number of carbonyl (C=O) groups excluding carboxylic acids is 1. The molecule has 140 valence electrons. The first-order chi connectivity index (χ1) is 13.7. The van der Waals surface area contributed by atoms with Gasteiger partial charge in [-0.3, -0.25) is 14.2 Å². The molecule has 1 aromatic heterocycles. The summed E-state index contributed by atoms with van der Waals surface area (Å²) >= 11 is 0. The number of nitrogens with one attached hydrogen (secondary N) is 1. The lowest BCUT2D eigenvalue weighted by Gasteiger charge is -2.16. The van der Waals surface area contributed by atoms with E-state index in [9.17, 15) is 9.59 Å². The van der Waals surface area contributed by atoms with Crippen molar-refractivity contribution in [1.29, 1.82) is 5.26 Å². The molecule has 0 unspecified atom stereocenters. The number of nitriles is 1. The Kier molecular flexibility index (Phi) is 4.90. The lowest BCUT2D eigenvalue weighted by molar-refractivity contribution is 0.102. The first-order valence-corrected chi connectivity index (χ1v) is 9.51. The maximum atomic E-state index is 12.9. The van der Waals surface area contributed by atoms with Gasteiger partial charge in [-0.1, -0.05) is 18.9 Å². The summed E-state index contributed by atoms with van der Waals surface area (Å²) < 4.78 is 1.79. The van der Waals surface area contributed by atoms with Crippen molar-refractivity contribution in [3.05, 3.63) is 69.8 Å². The Labute approximate surface area is 162 Å². The zero-order chi connectivity index (χ0) is 19.5. The minimum Gasteiger partial charge on any atom is -0.322 e. The van der Waals surface area contributed by atoms with E-state index >= 15 is 0 Å². The number of benzene rings is 2. The summed E-state index contributed by atoms with van der Waals surface area (Å²) in [4.78, 5) is 30.2. The largest absolute Gasteiger partial charge is 0.322 e. The number of rotatable bonds is 2. The number of anilines is 1. The van der Waals surface area contributed by atoms with Crippen LogP contribution in [-0.4, -0.2) is 15.5 Å². The van der Waals surface area contributed by atoms with Crippen molar-refractivity contribution in [3.8, 4) is 6.07 Å². The van der Waals surface area contributed by atoms with Crippen LogP contribution in [0.4, 0.5) is 5.69 Å². The highest BCUT2D eigenvalue weighted by Crippen LogP contribution is 2.18. The quantitative estimate of drug-likeness (QED) is 0.744. The molecule has 0 atom stereocenters. The standard InChI is InChI=1S/C22H20N4O2/c23-14-15-6-5-7-17(12-15)24-21(27)16-9-10-18-19(13-16)25-20-8-3-1-2-4-11-26(20)22(18)28/h5-7,9-10,12-13H,1-4,8,11H2,(H,24,27). The molecular weight excluding hydrogens is 352 g/mol. The number of hydrogen-bond acceptors (Lipinski definition) is 4. The molecule has 1 N–H and O–H groups in total. The van der Waals surface area contributed by atoms with Crippen LogP contribution in [0.15, 0.2) is 47.3 Å². The Balaban J connectivity index is 1.69. The number of nitrogens with zero attached hydrogens (tertiary/aromatic N) is 3. The predicted molar refractivity (Wildman–Crippen MR) is 107 cm³/mol. The fourth-order valence-corrected chi connectivity index (χ4v) is 3.61. The van der Waals surface area contributed by atoms with Crippen molar-refractivity contribution in [1.82, 2.24) is 9.55 Å². The molecule has 1 amide bonds. The first-order valence-electron chi connectivity index (χ1n) is 9.51. The number of carbonyl (C=O) groups is 1. The zero-order valence-corrected chi connectivity index (χ0v) is 15.4. The van der Waals surface area contributed by atoms with Gasteiger partial charge in [-0.25, -0.2) is 4.98 Å². The van der Waals surface area contributed by atoms with E-state index in [1.54, 1.807) is 47.0 Å². The Morgan fingerprint density at radius 2 is 1.96 bits per heavy atom. The summed E-state index contributed by atoms with van der Waals surface area (Å²) in [6.07, 6.45) is 5.08. The molecule has 1 aliphatic heterocycles. The minimum absolute atomic E-state index is 0.0319. The summed E-state index contributed by atoms with van der Waals surface area (Å²) in [5, 5.41) is 12.3. The molecule has 0 fully saturated rings. The third-order valence-corrected chi connectivity index (χ3v) is 5.08. The summed E-state index contributed by atoms with van der Waals surface area (Å²) in [5.74, 6) is 0.502. The Hall–Kier alpha value is -3.46. The summed E-state index contributed by atoms with van der Waals surface area (Å²) in [5.41, 5.74) is 1.98. The van der Waals surface area contributed by atoms with Crippen molar-refractivity contribution in [3.63, 3.8) is 0 Å². The van der Waals surface area contributed by atoms with Gasteiger partial charge in [0, 0.05) is 24.2 Å². The van der Waals surface area contributed by atoms with Gasteiger partial charge in [-0.05, 0) is 49.2 Å². The third kappa shape index (κ3) is 3.52. The second-order valence-electron chi connectivity index (χ2n) is 7.03. The molecule has 28 heavy (non-hydrogen) atoms. The van der Waals surface area contributed by atoms with Crippen LogP contribution in [0, 0.1) is 11.3 Å². The van der Waals surface area contributed by atoms with Crippen LogP contribution in [0.25, 0.3) is 10.9 Å². The Bertz CT molecular complexity index is 1160. The van der Waals surface area contributed by atoms with Gasteiger partial charge in [0.15, 0.2) is 0 Å². The average molecular weight is 372 g/mol. The van der Waals surface area contributed by atoms with Crippen molar-refractivity contribution >= 4 is 22.5 Å². The van der Waals surface area contributed by atoms with E-state index in [1.165, 1.54) is 0 Å². The molecule has 2 heterocycles. The maximum absolute atomic E-state index is 12.9. The van der Waals surface area contributed by atoms with E-state index in [-0.39, 0.29) is 11.5 Å². The summed E-state index contributed by atoms with van der Waals surface area (Å²) in [6.45, 7) is 0.703. The number of aryl methyl sites for hydroxylation is 1. The highest BCUT2D eigenvalue weighted by Gasteiger charge is 2.15. The first kappa shape index (κ1) is 17.9. The molecule has 0 radical (unpaired) electrons. The number of aromatic nitrogens is 2. The number of hydrogen-bond donors (Lipinski definition) is 1. The second-order valence-corrected chi connectivity index (χ2v) is 7.03. The lowest BCUT2D eigenvalue weighted by atomic mass is 10.1. The number of amides is 1. The van der Waals surface area contributed by atoms with Crippen LogP contribution in [0.3, 0.4) is 0 Å². The molecule has 1 aliphatic rings. The molecule has 3 aromatic rings. The predicted octanol–water partition coefficient (Wildman–Crippen LogP) is 3.64. The van der Waals surface area contributed by atoms with Crippen LogP contribution in [0.2, 0.25) is 0 Å². The normalized spacial score (nSPS) is 13.8. The molecule has 0 aliphatic carbocycles. The van der Waals surface area contributed by atoms with Gasteiger partial charge in [0.05, 0.1) is 22.5 Å². The van der Waals surface area contributed by atoms with E-state index in [0.29, 0.717) is 34.3 Å². The van der Waals surface area contributed by atoms with E-state index in [0.717, 1.165) is 37.9 Å². The van der Waals surface area contributed by atoms with Gasteiger partial charge in [0.25, 0.3) is 11.5 Å². The van der Waals surface area contributed by atoms with Crippen LogP contribution in [-0.2, 0) is 13.0 Å². The highest BCUT2D eigenvalue weighted by molar-refractivity contribution is 6.06. The monoisotopic (exact) mass is 372 g/mol. The molecule has 6 nitrogen and oxygen atoms in total. The van der Waals surface area contributed by atoms with Gasteiger partial charge in [-0.15, -0.1) is 0 Å². The average Bonchev–Trinajstić information content (AvgIpc) is 2.69. The fraction of sp³-hybridized carbons (Fsp3) is 0.273. The van der Waals surface area contributed by atoms with Gasteiger partial charge in [0.2, 0.25) is 0 Å². The Morgan fingerprint density at radius 3 is 2.82 bits per heavy atom. The molecule has 2 aromatic carbocycles. The van der Waals surface area contributed by atoms with E-state index in [4.69, 9.17) is 10.2 Å². The van der Waals surface area contributed by atoms with Crippen LogP contribution < -0.4 is 10.9 Å². The molecule has 0 spiro atoms. The van der Waals surface area contributed by atoms with E-state index < -0.39 is 0 Å². The van der Waals surface area contributed by atoms with Gasteiger partial charge in [-0.2, -0.15) is 5.26 Å². The van der Waals surface area contributed by atoms with Gasteiger partial charge < -0.3 is 5.32 Å². The summed E-state index contributed by atoms with van der Waals surface area (Å²) in [6, 6.07) is 13.8. The number of fused-ring (bicyclic) bond motifs is 2. The Morgan fingerprint density at radius 1 is 1.11 bits per heavy atom. The molecule has 0 saturated carbocycles. The minimum atomic E-state index is -0.300. The molecule has 0 saturated heterocycles. The van der Waals surface area contributed by atoms with Crippen LogP contribution >= 0.6 is 0 Å². The van der Waals surface area contributed by atoms with Gasteiger partial charge in [0.1, 0.15) is 5.82 Å². The van der Waals surface area contributed by atoms with E-state index in [1.807, 2.05) is 0 Å². The highest BCUT2D eigenvalue weighted by atomic mass is 16.1. The zero-order valence-electron chi connectivity index (χ0n) is 15.4. The van der Waals surface area contributed by atoms with E-state index in [2.05, 4.69) is 11.4 Å². The molecule has 4 rings (SSSR count). The summed E-state index contributed by atoms with van der Waals surface area (Å²) in [7, 11) is 0. The molecular formula is C22H20N4O2. The van der Waals surface area contributed by atoms with Crippen LogP contribution in [0.1, 0.15) is 47.4 Å². The molecule has 0 bridgehead atoms. The van der Waals surface area contributed by atoms with Crippen LogP contribution in [0.5, 0.6) is 0 Å². The topological polar surface area (TPSA) is 87.8 Å². The second kappa shape index (κ2) is 7.65. The molecule has 6 heteroatoms. The smallest absolute Gasteiger partial charge is 0.261 e. The van der Waals surface area contributed by atoms with Gasteiger partial charge >= 0.3 is 0 Å². The lowest BCUT2D eigenvalue weighted by Crippen LogP contribution is -2.26.